The Balaban J connectivity index is 1.10. The van der Waals surface area contributed by atoms with Crippen molar-refractivity contribution in [2.75, 3.05) is 19.8 Å². The highest BCUT2D eigenvalue weighted by atomic mass is 16.8. The molecule has 0 radical (unpaired) electrons. The Labute approximate surface area is 324 Å². The molecule has 4 saturated carbocycles. The molecule has 56 heavy (non-hydrogen) atoms. The van der Waals surface area contributed by atoms with Crippen LogP contribution in [0.2, 0.25) is 0 Å². The zero-order chi connectivity index (χ0) is 40.7. The largest absolute Gasteiger partial charge is 0.432 e. The fourth-order valence-corrected chi connectivity index (χ4v) is 12.0. The van der Waals surface area contributed by atoms with Gasteiger partial charge in [0.05, 0.1) is 30.8 Å². The molecule has 4 aliphatic carbocycles. The van der Waals surface area contributed by atoms with E-state index in [1.165, 1.54) is 0 Å². The molecule has 0 aromatic rings. The maximum atomic E-state index is 14.1. The number of carbonyl (C=O) groups excluding carboxylic acids is 1. The first-order chi connectivity index (χ1) is 26.4. The summed E-state index contributed by atoms with van der Waals surface area (Å²) in [5, 5.41) is 114. The van der Waals surface area contributed by atoms with E-state index in [0.29, 0.717) is 44.9 Å². The van der Waals surface area contributed by atoms with Crippen molar-refractivity contribution in [3.63, 3.8) is 0 Å². The van der Waals surface area contributed by atoms with Gasteiger partial charge in [0.15, 0.2) is 12.6 Å². The van der Waals surface area contributed by atoms with Crippen LogP contribution in [0.15, 0.2) is 12.2 Å². The van der Waals surface area contributed by atoms with Gasteiger partial charge in [0.25, 0.3) is 0 Å². The third-order valence-corrected chi connectivity index (χ3v) is 15.0. The number of aliphatic hydroxyl groups excluding tert-OH is 11. The number of aliphatic hydroxyl groups is 11. The van der Waals surface area contributed by atoms with Gasteiger partial charge in [0.1, 0.15) is 73.2 Å². The summed E-state index contributed by atoms with van der Waals surface area (Å²) < 4.78 is 35.6. The summed E-state index contributed by atoms with van der Waals surface area (Å²) in [5.74, 6) is -0.591. The van der Waals surface area contributed by atoms with Gasteiger partial charge >= 0.3 is 5.97 Å². The molecule has 7 fully saturated rings. The Morgan fingerprint density at radius 1 is 0.679 bits per heavy atom. The second-order valence-electron chi connectivity index (χ2n) is 18.0. The summed E-state index contributed by atoms with van der Waals surface area (Å²) >= 11 is 0. The predicted octanol–water partition coefficient (Wildman–Crippen LogP) is -2.94. The van der Waals surface area contributed by atoms with Gasteiger partial charge in [-0.1, -0.05) is 19.9 Å². The van der Waals surface area contributed by atoms with Crippen LogP contribution in [0.25, 0.3) is 0 Å². The number of rotatable bonds is 9. The third kappa shape index (κ3) is 6.69. The predicted molar refractivity (Wildman–Crippen MR) is 186 cm³/mol. The molecule has 21 atom stereocenters. The van der Waals surface area contributed by atoms with E-state index >= 15 is 0 Å². The van der Waals surface area contributed by atoms with Gasteiger partial charge in [-0.25, -0.2) is 0 Å². The van der Waals surface area contributed by atoms with Crippen molar-refractivity contribution in [3.05, 3.63) is 12.2 Å². The van der Waals surface area contributed by atoms with Gasteiger partial charge < -0.3 is 84.6 Å². The highest BCUT2D eigenvalue weighted by molar-refractivity contribution is 5.77. The molecule has 11 N–H and O–H groups in total. The summed E-state index contributed by atoms with van der Waals surface area (Å²) in [6.45, 7) is 6.52. The smallest absolute Gasteiger partial charge is 0.314 e. The molecular weight excluding hydrogens is 744 g/mol. The van der Waals surface area contributed by atoms with E-state index in [9.17, 15) is 61.0 Å². The van der Waals surface area contributed by atoms with Crippen molar-refractivity contribution >= 4 is 5.97 Å². The average Bonchev–Trinajstić information content (AvgIpc) is 3.37. The Morgan fingerprint density at radius 3 is 1.82 bits per heavy atom. The van der Waals surface area contributed by atoms with Crippen LogP contribution >= 0.6 is 0 Å². The van der Waals surface area contributed by atoms with Crippen molar-refractivity contribution in [2.45, 2.75) is 169 Å². The molecule has 2 bridgehead atoms. The first-order valence-corrected chi connectivity index (χ1v) is 19.9. The second-order valence-corrected chi connectivity index (χ2v) is 18.0. The van der Waals surface area contributed by atoms with Gasteiger partial charge in [0.2, 0.25) is 6.29 Å². The summed E-state index contributed by atoms with van der Waals surface area (Å²) in [7, 11) is 0. The van der Waals surface area contributed by atoms with E-state index in [4.69, 9.17) is 28.4 Å². The molecule has 3 saturated heterocycles. The molecule has 3 heterocycles. The zero-order valence-electron chi connectivity index (χ0n) is 31.8. The molecule has 7 aliphatic rings. The van der Waals surface area contributed by atoms with E-state index in [-0.39, 0.29) is 22.7 Å². The van der Waals surface area contributed by atoms with E-state index in [1.807, 2.05) is 6.92 Å². The van der Waals surface area contributed by atoms with Gasteiger partial charge in [-0.2, -0.15) is 0 Å². The third-order valence-electron chi connectivity index (χ3n) is 15.0. The van der Waals surface area contributed by atoms with Crippen LogP contribution in [0.3, 0.4) is 0 Å². The average molecular weight is 805 g/mol. The number of hydrogen-bond donors (Lipinski definition) is 11. The van der Waals surface area contributed by atoms with Crippen molar-refractivity contribution in [3.8, 4) is 0 Å². The molecule has 18 heteroatoms. The van der Waals surface area contributed by atoms with Crippen LogP contribution in [-0.2, 0) is 33.2 Å². The Hall–Kier alpha value is -1.43. The van der Waals surface area contributed by atoms with Crippen molar-refractivity contribution in [1.82, 2.24) is 0 Å². The van der Waals surface area contributed by atoms with E-state index < -0.39 is 129 Å². The lowest BCUT2D eigenvalue weighted by atomic mass is 9.41. The Morgan fingerprint density at radius 2 is 1.21 bits per heavy atom. The van der Waals surface area contributed by atoms with Gasteiger partial charge in [0, 0.05) is 0 Å². The standard InChI is InChI=1S/C38H60O18/c1-16-11-37-9-5-20-35(2,7-4-8-36(20,3)34(50)55-32-29(49)26(46)23(43)18(13-40)52-32)21(37)6-10-38(16,15-37)56-33-30(27(47)24(44)19(14-41)53-33)54-31-28(48)25(45)22(42)17(12-39)51-31/h17-33,39-49H,1,4-15H2,2-3H3/t17-,18-,19-,20-,21+,22-,23-,24-,25+,26+,27+,28-,29-,30+,31+,32-,33+,35-,36-,37-,38+/m1/s1. The lowest BCUT2D eigenvalue weighted by Crippen LogP contribution is -2.65. The molecular formula is C38H60O18. The van der Waals surface area contributed by atoms with Crippen molar-refractivity contribution in [2.24, 2.45) is 28.1 Å². The minimum atomic E-state index is -1.81. The van der Waals surface area contributed by atoms with Crippen LogP contribution < -0.4 is 0 Å². The fourth-order valence-electron chi connectivity index (χ4n) is 12.0. The lowest BCUT2D eigenvalue weighted by Gasteiger charge is -2.64. The van der Waals surface area contributed by atoms with Gasteiger partial charge in [-0.3, -0.25) is 4.79 Å². The number of ether oxygens (including phenoxy) is 6. The molecule has 18 nitrogen and oxygen atoms in total. The molecule has 0 aromatic carbocycles. The van der Waals surface area contributed by atoms with Gasteiger partial charge in [-0.15, -0.1) is 0 Å². The summed E-state index contributed by atoms with van der Waals surface area (Å²) in [6.07, 6.45) is -17.8. The van der Waals surface area contributed by atoms with Crippen LogP contribution in [0.4, 0.5) is 0 Å². The van der Waals surface area contributed by atoms with Crippen LogP contribution in [0.1, 0.15) is 71.6 Å². The molecule has 0 unspecified atom stereocenters. The maximum absolute atomic E-state index is 14.1. The Kier molecular flexibility index (Phi) is 11.9. The monoisotopic (exact) mass is 804 g/mol. The number of fused-ring (bicyclic) bond motifs is 3. The number of esters is 1. The summed E-state index contributed by atoms with van der Waals surface area (Å²) in [6, 6.07) is 0. The number of hydrogen-bond acceptors (Lipinski definition) is 18. The lowest BCUT2D eigenvalue weighted by molar-refractivity contribution is -0.378. The topological polar surface area (TPSA) is 295 Å². The SMILES string of the molecule is C=C1C[C@@]23CC[C@@H]4[C@@](C)(CCC[C@@]4(C)C(=O)O[C@H]4O[C@H](CO)[C@@H](O)[C@H](O)[C@H]4O)[C@@H]2CC[C@]1(O[C@@H]1O[C@H](CO)[C@@H](O)[C@H](O)[C@@H]1O[C@@H]1O[C@H](CO)[C@@H](O)[C@H](O)[C@H]1O)C3. The van der Waals surface area contributed by atoms with Crippen LogP contribution in [-0.4, -0.2) is 180 Å². The molecule has 7 rings (SSSR count). The zero-order valence-corrected chi connectivity index (χ0v) is 31.8. The summed E-state index contributed by atoms with van der Waals surface area (Å²) in [4.78, 5) is 14.1. The van der Waals surface area contributed by atoms with Crippen LogP contribution in [0, 0.1) is 28.1 Å². The van der Waals surface area contributed by atoms with E-state index in [1.54, 1.807) is 0 Å². The molecule has 0 amide bonds. The molecule has 1 spiro atoms. The normalized spacial score (nSPS) is 54.6. The number of carbonyl (C=O) groups is 1. The Bertz CT molecular complexity index is 1450. The van der Waals surface area contributed by atoms with E-state index in [0.717, 1.165) is 18.4 Å². The maximum Gasteiger partial charge on any atom is 0.314 e. The second kappa shape index (κ2) is 15.6. The summed E-state index contributed by atoms with van der Waals surface area (Å²) in [5.41, 5.74) is -1.80. The molecule has 320 valence electrons. The minimum absolute atomic E-state index is 0.121. The van der Waals surface area contributed by atoms with Crippen molar-refractivity contribution in [1.29, 1.82) is 0 Å². The van der Waals surface area contributed by atoms with E-state index in [2.05, 4.69) is 13.5 Å². The molecule has 0 aromatic heterocycles. The first kappa shape index (κ1) is 42.7. The van der Waals surface area contributed by atoms with Crippen LogP contribution in [0.5, 0.6) is 0 Å². The first-order valence-electron chi connectivity index (χ1n) is 19.9. The highest BCUT2D eigenvalue weighted by Gasteiger charge is 2.69. The van der Waals surface area contributed by atoms with Gasteiger partial charge in [-0.05, 0) is 86.5 Å². The quantitative estimate of drug-likeness (QED) is 0.0631. The molecule has 3 aliphatic heterocycles. The minimum Gasteiger partial charge on any atom is -0.432 e. The fraction of sp³-hybridized carbons (Fsp3) is 0.921. The highest BCUT2D eigenvalue weighted by Crippen LogP contribution is 2.73. The van der Waals surface area contributed by atoms with Crippen molar-refractivity contribution < 1.29 is 89.4 Å².